The number of nitrogens with zero attached hydrogens (tertiary/aromatic N) is 5. The van der Waals surface area contributed by atoms with E-state index >= 15 is 0 Å². The number of aromatic nitrogens is 3. The highest BCUT2D eigenvalue weighted by atomic mass is 16.2. The van der Waals surface area contributed by atoms with Gasteiger partial charge in [-0.05, 0) is 24.6 Å². The van der Waals surface area contributed by atoms with Gasteiger partial charge >= 0.3 is 0 Å². The molecule has 2 aromatic carbocycles. The summed E-state index contributed by atoms with van der Waals surface area (Å²) in [6.07, 6.45) is 3.87. The number of para-hydroxylation sites is 1. The molecule has 0 N–H and O–H groups in total. The number of hydrogen-bond acceptors (Lipinski definition) is 4. The third-order valence-corrected chi connectivity index (χ3v) is 6.44. The van der Waals surface area contributed by atoms with Crippen LogP contribution < -0.4 is 5.56 Å². The number of hydrogen-bond donors (Lipinski definition) is 0. The first-order valence-corrected chi connectivity index (χ1v) is 11.8. The topological polar surface area (TPSA) is 80.4 Å². The number of fused-ring (bicyclic) bond motifs is 1. The van der Waals surface area contributed by atoms with Crippen LogP contribution >= 0.6 is 0 Å². The van der Waals surface area contributed by atoms with Gasteiger partial charge in [0.05, 0.1) is 23.2 Å². The van der Waals surface area contributed by atoms with E-state index in [0.717, 1.165) is 5.56 Å². The lowest BCUT2D eigenvalue weighted by atomic mass is 10.1. The fourth-order valence-electron chi connectivity index (χ4n) is 4.45. The highest BCUT2D eigenvalue weighted by Crippen LogP contribution is 2.24. The Bertz CT molecular complexity index is 1370. The van der Waals surface area contributed by atoms with Crippen molar-refractivity contribution in [3.05, 3.63) is 94.5 Å². The lowest BCUT2D eigenvalue weighted by molar-refractivity contribution is -0.131. The Morgan fingerprint density at radius 1 is 0.857 bits per heavy atom. The maximum atomic E-state index is 13.6. The molecular weight excluding hydrogens is 442 g/mol. The van der Waals surface area contributed by atoms with Crippen molar-refractivity contribution in [2.45, 2.75) is 19.9 Å². The monoisotopic (exact) mass is 469 g/mol. The first-order valence-electron chi connectivity index (χ1n) is 11.8. The van der Waals surface area contributed by atoms with Crippen molar-refractivity contribution < 1.29 is 9.59 Å². The van der Waals surface area contributed by atoms with E-state index in [1.807, 2.05) is 77.1 Å². The van der Waals surface area contributed by atoms with Gasteiger partial charge in [-0.15, -0.1) is 0 Å². The molecule has 178 valence electrons. The molecule has 0 bridgehead atoms. The van der Waals surface area contributed by atoms with Crippen LogP contribution in [0.5, 0.6) is 0 Å². The van der Waals surface area contributed by atoms with Crippen LogP contribution in [-0.2, 0) is 17.8 Å². The summed E-state index contributed by atoms with van der Waals surface area (Å²) in [5.41, 5.74) is 2.60. The molecule has 0 atom stereocenters. The predicted molar refractivity (Wildman–Crippen MR) is 133 cm³/mol. The minimum absolute atomic E-state index is 0.0619. The number of benzene rings is 2. The lowest BCUT2D eigenvalue weighted by Gasteiger charge is -2.35. The molecule has 3 aliphatic heterocycles. The standard InChI is InChI=1S/C27H27N5O3/c1-2-29-18-22(25-23(19-29)27(35)32(28-25)21-11-7-4-8-12-21)26(34)31-15-13-30(14-16-31)24(33)17-20-9-5-3-6-10-20/h3-12,18-19H,2,13-17H2,1H3. The van der Waals surface area contributed by atoms with Crippen LogP contribution in [0, 0.1) is 0 Å². The summed E-state index contributed by atoms with van der Waals surface area (Å²) in [6.45, 7) is 4.41. The molecule has 3 aliphatic rings. The summed E-state index contributed by atoms with van der Waals surface area (Å²) in [5.74, 6) is -0.113. The van der Waals surface area contributed by atoms with E-state index in [-0.39, 0.29) is 17.4 Å². The van der Waals surface area contributed by atoms with Crippen LogP contribution in [0.3, 0.4) is 0 Å². The Hall–Kier alpha value is -4.20. The molecule has 1 fully saturated rings. The summed E-state index contributed by atoms with van der Waals surface area (Å²) in [4.78, 5) is 43.0. The minimum Gasteiger partial charge on any atom is -0.353 e. The minimum atomic E-state index is -0.251. The van der Waals surface area contributed by atoms with Gasteiger partial charge in [-0.3, -0.25) is 14.4 Å². The second-order valence-corrected chi connectivity index (χ2v) is 8.65. The smallest absolute Gasteiger partial charge is 0.282 e. The molecule has 3 heterocycles. The Kier molecular flexibility index (Phi) is 6.18. The Morgan fingerprint density at radius 2 is 1.49 bits per heavy atom. The van der Waals surface area contributed by atoms with Gasteiger partial charge in [-0.25, -0.2) is 0 Å². The van der Waals surface area contributed by atoms with Crippen molar-refractivity contribution in [2.24, 2.45) is 0 Å². The number of aryl methyl sites for hydroxylation is 1. The van der Waals surface area contributed by atoms with Gasteiger partial charge in [-0.2, -0.15) is 9.78 Å². The average Bonchev–Trinajstić information content (AvgIpc) is 3.25. The van der Waals surface area contributed by atoms with Crippen molar-refractivity contribution in [1.29, 1.82) is 0 Å². The molecule has 8 heteroatoms. The van der Waals surface area contributed by atoms with Gasteiger partial charge in [0.2, 0.25) is 5.91 Å². The molecule has 0 saturated carbocycles. The molecule has 8 nitrogen and oxygen atoms in total. The summed E-state index contributed by atoms with van der Waals surface area (Å²) < 4.78 is 3.19. The highest BCUT2D eigenvalue weighted by molar-refractivity contribution is 6.00. The molecule has 0 unspecified atom stereocenters. The number of pyridine rings is 1. The van der Waals surface area contributed by atoms with Crippen LogP contribution in [0.1, 0.15) is 22.8 Å². The van der Waals surface area contributed by atoms with Crippen molar-refractivity contribution in [1.82, 2.24) is 24.1 Å². The van der Waals surface area contributed by atoms with Crippen LogP contribution in [0.15, 0.2) is 77.9 Å². The van der Waals surface area contributed by atoms with Crippen LogP contribution in [0.4, 0.5) is 0 Å². The van der Waals surface area contributed by atoms with E-state index in [1.165, 1.54) is 4.68 Å². The second kappa shape index (κ2) is 9.58. The quantitative estimate of drug-likeness (QED) is 0.450. The van der Waals surface area contributed by atoms with Gasteiger partial charge in [0.15, 0.2) is 0 Å². The third-order valence-electron chi connectivity index (χ3n) is 6.44. The summed E-state index contributed by atoms with van der Waals surface area (Å²) in [7, 11) is 0. The van der Waals surface area contributed by atoms with Crippen molar-refractivity contribution in [3.63, 3.8) is 0 Å². The van der Waals surface area contributed by atoms with Crippen LogP contribution in [-0.4, -0.2) is 62.1 Å². The SMILES string of the molecule is CCn1cc(C(=O)N2CCN(C(=O)Cc3ccccc3)CC2)c2nn(-c3ccccc3)c(=O)c-2c1. The summed E-state index contributed by atoms with van der Waals surface area (Å²) >= 11 is 0. The van der Waals surface area contributed by atoms with E-state index in [0.29, 0.717) is 61.7 Å². The van der Waals surface area contributed by atoms with Crippen molar-refractivity contribution >= 4 is 11.8 Å². The maximum Gasteiger partial charge on any atom is 0.282 e. The number of carbonyl (C=O) groups is 2. The zero-order chi connectivity index (χ0) is 24.4. The van der Waals surface area contributed by atoms with Gasteiger partial charge in [-0.1, -0.05) is 48.5 Å². The molecule has 35 heavy (non-hydrogen) atoms. The van der Waals surface area contributed by atoms with E-state index in [1.54, 1.807) is 17.3 Å². The first-order chi connectivity index (χ1) is 17.0. The fourth-order valence-corrected chi connectivity index (χ4v) is 4.45. The molecule has 1 saturated heterocycles. The first kappa shape index (κ1) is 22.6. The van der Waals surface area contributed by atoms with Crippen molar-refractivity contribution in [3.8, 4) is 16.9 Å². The summed E-state index contributed by atoms with van der Waals surface area (Å²) in [6, 6.07) is 18.9. The summed E-state index contributed by atoms with van der Waals surface area (Å²) in [5, 5.41) is 4.54. The molecule has 2 aromatic rings. The zero-order valence-electron chi connectivity index (χ0n) is 19.6. The molecule has 0 aromatic heterocycles. The fraction of sp³-hybridized carbons (Fsp3) is 0.259. The normalized spacial score (nSPS) is 13.9. The largest absolute Gasteiger partial charge is 0.353 e. The van der Waals surface area contributed by atoms with Crippen LogP contribution in [0.2, 0.25) is 0 Å². The average molecular weight is 470 g/mol. The van der Waals surface area contributed by atoms with E-state index in [2.05, 4.69) is 5.10 Å². The number of piperazine rings is 1. The number of rotatable bonds is 5. The molecule has 5 rings (SSSR count). The van der Waals surface area contributed by atoms with E-state index < -0.39 is 0 Å². The molecule has 0 aliphatic carbocycles. The third kappa shape index (κ3) is 4.47. The van der Waals surface area contributed by atoms with Gasteiger partial charge in [0, 0.05) is 45.1 Å². The molecule has 0 spiro atoms. The van der Waals surface area contributed by atoms with Crippen LogP contribution in [0.25, 0.3) is 16.9 Å². The second-order valence-electron chi connectivity index (χ2n) is 8.65. The Labute approximate surface area is 203 Å². The van der Waals surface area contributed by atoms with Gasteiger partial charge in [0.25, 0.3) is 11.5 Å². The lowest BCUT2D eigenvalue weighted by Crippen LogP contribution is -2.51. The number of carbonyl (C=O) groups excluding carboxylic acids is 2. The maximum absolute atomic E-state index is 13.6. The van der Waals surface area contributed by atoms with E-state index in [9.17, 15) is 14.4 Å². The Morgan fingerprint density at radius 3 is 2.14 bits per heavy atom. The van der Waals surface area contributed by atoms with Gasteiger partial charge in [0.1, 0.15) is 5.69 Å². The predicted octanol–water partition coefficient (Wildman–Crippen LogP) is 2.69. The highest BCUT2D eigenvalue weighted by Gasteiger charge is 2.30. The Balaban J connectivity index is 1.37. The number of amides is 2. The molecule has 2 amide bonds. The molecule has 0 radical (unpaired) electrons. The zero-order valence-corrected chi connectivity index (χ0v) is 19.6. The van der Waals surface area contributed by atoms with E-state index in [4.69, 9.17) is 0 Å². The van der Waals surface area contributed by atoms with Crippen molar-refractivity contribution in [2.75, 3.05) is 26.2 Å². The van der Waals surface area contributed by atoms with Gasteiger partial charge < -0.3 is 14.4 Å². The molecular formula is C27H27N5O3.